The molecule has 1 saturated heterocycles. The van der Waals surface area contributed by atoms with Crippen LogP contribution in [0, 0.1) is 0 Å². The fourth-order valence-corrected chi connectivity index (χ4v) is 1.74. The Bertz CT molecular complexity index is 458. The van der Waals surface area contributed by atoms with Crippen molar-refractivity contribution in [1.29, 1.82) is 0 Å². The number of aromatic nitrogens is 4. The van der Waals surface area contributed by atoms with Crippen molar-refractivity contribution < 1.29 is 0 Å². The van der Waals surface area contributed by atoms with Gasteiger partial charge in [0.1, 0.15) is 5.52 Å². The number of H-pyrrole nitrogens is 1. The van der Waals surface area contributed by atoms with Crippen molar-refractivity contribution in [2.45, 2.75) is 0 Å². The third-order valence-electron chi connectivity index (χ3n) is 2.56. The molecule has 6 nitrogen and oxygen atoms in total. The van der Waals surface area contributed by atoms with Gasteiger partial charge in [-0.3, -0.25) is 0 Å². The van der Waals surface area contributed by atoms with Gasteiger partial charge < -0.3 is 15.2 Å². The largest absolute Gasteiger partial charge is 0.342 e. The number of hydrogen-bond acceptors (Lipinski definition) is 5. The van der Waals surface area contributed by atoms with Gasteiger partial charge in [0.15, 0.2) is 5.65 Å². The molecule has 0 atom stereocenters. The van der Waals surface area contributed by atoms with E-state index in [0.717, 1.165) is 43.3 Å². The number of nitrogens with one attached hydrogen (secondary N) is 2. The van der Waals surface area contributed by atoms with Crippen LogP contribution in [0.3, 0.4) is 0 Å². The monoisotopic (exact) mass is 204 g/mol. The van der Waals surface area contributed by atoms with E-state index < -0.39 is 0 Å². The minimum absolute atomic E-state index is 0.735. The molecule has 1 aliphatic rings. The first-order valence-corrected chi connectivity index (χ1v) is 5.05. The highest BCUT2D eigenvalue weighted by molar-refractivity contribution is 5.69. The van der Waals surface area contributed by atoms with E-state index in [1.54, 1.807) is 12.5 Å². The maximum absolute atomic E-state index is 4.40. The summed E-state index contributed by atoms with van der Waals surface area (Å²) in [5.74, 6) is 0.774. The molecular formula is C9H12N6. The van der Waals surface area contributed by atoms with E-state index in [2.05, 4.69) is 30.2 Å². The number of aromatic amines is 1. The van der Waals surface area contributed by atoms with Crippen LogP contribution in [-0.2, 0) is 0 Å². The SMILES string of the molecule is c1nc2nc(N3CCNCC3)ncc2[nH]1. The first-order valence-electron chi connectivity index (χ1n) is 5.05. The highest BCUT2D eigenvalue weighted by Gasteiger charge is 2.13. The van der Waals surface area contributed by atoms with Gasteiger partial charge in [-0.1, -0.05) is 0 Å². The topological polar surface area (TPSA) is 69.7 Å². The summed E-state index contributed by atoms with van der Waals surface area (Å²) in [6.45, 7) is 3.88. The van der Waals surface area contributed by atoms with Gasteiger partial charge in [-0.25, -0.2) is 9.97 Å². The quantitative estimate of drug-likeness (QED) is 0.671. The van der Waals surface area contributed by atoms with Crippen molar-refractivity contribution >= 4 is 17.1 Å². The minimum Gasteiger partial charge on any atom is -0.342 e. The second-order valence-corrected chi connectivity index (χ2v) is 3.55. The van der Waals surface area contributed by atoms with Crippen molar-refractivity contribution in [2.75, 3.05) is 31.1 Å². The fourth-order valence-electron chi connectivity index (χ4n) is 1.74. The van der Waals surface area contributed by atoms with E-state index in [1.807, 2.05) is 0 Å². The fraction of sp³-hybridized carbons (Fsp3) is 0.444. The number of anilines is 1. The zero-order valence-electron chi connectivity index (χ0n) is 8.27. The van der Waals surface area contributed by atoms with E-state index in [0.29, 0.717) is 0 Å². The van der Waals surface area contributed by atoms with Gasteiger partial charge in [-0.05, 0) is 0 Å². The van der Waals surface area contributed by atoms with Crippen LogP contribution in [0.25, 0.3) is 11.2 Å². The molecule has 3 rings (SSSR count). The van der Waals surface area contributed by atoms with E-state index in [1.165, 1.54) is 0 Å². The molecule has 0 unspecified atom stereocenters. The smallest absolute Gasteiger partial charge is 0.227 e. The van der Waals surface area contributed by atoms with Gasteiger partial charge in [0, 0.05) is 26.2 Å². The van der Waals surface area contributed by atoms with Gasteiger partial charge in [-0.2, -0.15) is 4.98 Å². The molecule has 0 saturated carbocycles. The first-order chi connectivity index (χ1) is 7.43. The molecule has 0 aliphatic carbocycles. The standard InChI is InChI=1S/C9H12N6/c1-3-15(4-2-10-1)9-11-5-7-8(14-9)13-6-12-7/h5-6,10H,1-4H2,(H,11,12,13,14). The highest BCUT2D eigenvalue weighted by atomic mass is 15.3. The average Bonchev–Trinajstić information content (AvgIpc) is 2.77. The number of nitrogens with zero attached hydrogens (tertiary/aromatic N) is 4. The molecule has 78 valence electrons. The van der Waals surface area contributed by atoms with Gasteiger partial charge in [0.25, 0.3) is 0 Å². The molecule has 3 heterocycles. The predicted octanol–water partition coefficient (Wildman–Crippen LogP) is -0.238. The number of hydrogen-bond donors (Lipinski definition) is 2. The number of fused-ring (bicyclic) bond motifs is 1. The Hall–Kier alpha value is -1.69. The zero-order valence-corrected chi connectivity index (χ0v) is 8.27. The lowest BCUT2D eigenvalue weighted by atomic mass is 10.4. The van der Waals surface area contributed by atoms with Crippen LogP contribution in [-0.4, -0.2) is 46.1 Å². The van der Waals surface area contributed by atoms with Crippen molar-refractivity contribution in [3.8, 4) is 0 Å². The molecule has 0 radical (unpaired) electrons. The third kappa shape index (κ3) is 1.52. The van der Waals surface area contributed by atoms with Crippen molar-refractivity contribution in [3.63, 3.8) is 0 Å². The highest BCUT2D eigenvalue weighted by Crippen LogP contribution is 2.11. The van der Waals surface area contributed by atoms with Crippen LogP contribution in [0.5, 0.6) is 0 Å². The molecule has 1 fully saturated rings. The predicted molar refractivity (Wildman–Crippen MR) is 56.8 cm³/mol. The summed E-state index contributed by atoms with van der Waals surface area (Å²) in [6, 6.07) is 0. The minimum atomic E-state index is 0.735. The molecule has 2 aromatic heterocycles. The number of rotatable bonds is 1. The Balaban J connectivity index is 1.95. The normalized spacial score (nSPS) is 17.2. The van der Waals surface area contributed by atoms with Gasteiger partial charge in [-0.15, -0.1) is 0 Å². The Kier molecular flexibility index (Phi) is 1.99. The summed E-state index contributed by atoms with van der Waals surface area (Å²) < 4.78 is 0. The maximum atomic E-state index is 4.40. The Labute approximate surface area is 86.7 Å². The summed E-state index contributed by atoms with van der Waals surface area (Å²) in [6.07, 6.45) is 3.42. The summed E-state index contributed by atoms with van der Waals surface area (Å²) in [4.78, 5) is 18.0. The van der Waals surface area contributed by atoms with Gasteiger partial charge in [0.2, 0.25) is 5.95 Å². The Morgan fingerprint density at radius 2 is 2.07 bits per heavy atom. The molecule has 1 aliphatic heterocycles. The van der Waals surface area contributed by atoms with Gasteiger partial charge in [0.05, 0.1) is 12.5 Å². The maximum Gasteiger partial charge on any atom is 0.227 e. The molecule has 2 aromatic rings. The summed E-state index contributed by atoms with van der Waals surface area (Å²) in [5, 5.41) is 3.30. The molecule has 0 aromatic carbocycles. The zero-order chi connectivity index (χ0) is 10.1. The lowest BCUT2D eigenvalue weighted by molar-refractivity contribution is 0.580. The average molecular weight is 204 g/mol. The van der Waals surface area contributed by atoms with Crippen LogP contribution in [0.4, 0.5) is 5.95 Å². The summed E-state index contributed by atoms with van der Waals surface area (Å²) in [5.41, 5.74) is 1.62. The molecule has 15 heavy (non-hydrogen) atoms. The lowest BCUT2D eigenvalue weighted by Crippen LogP contribution is -2.44. The molecular weight excluding hydrogens is 192 g/mol. The second-order valence-electron chi connectivity index (χ2n) is 3.55. The number of piperazine rings is 1. The second kappa shape index (κ2) is 3.47. The molecule has 2 N–H and O–H groups in total. The Morgan fingerprint density at radius 1 is 1.20 bits per heavy atom. The van der Waals surface area contributed by atoms with Crippen molar-refractivity contribution in [3.05, 3.63) is 12.5 Å². The van der Waals surface area contributed by atoms with Crippen LogP contribution < -0.4 is 10.2 Å². The van der Waals surface area contributed by atoms with Crippen molar-refractivity contribution in [2.24, 2.45) is 0 Å². The summed E-state index contributed by atoms with van der Waals surface area (Å²) in [7, 11) is 0. The molecule has 0 bridgehead atoms. The third-order valence-corrected chi connectivity index (χ3v) is 2.56. The van der Waals surface area contributed by atoms with E-state index in [9.17, 15) is 0 Å². The first kappa shape index (κ1) is 8.60. The van der Waals surface area contributed by atoms with Crippen LogP contribution in [0.15, 0.2) is 12.5 Å². The summed E-state index contributed by atoms with van der Waals surface area (Å²) >= 11 is 0. The van der Waals surface area contributed by atoms with Crippen LogP contribution in [0.1, 0.15) is 0 Å². The van der Waals surface area contributed by atoms with Gasteiger partial charge >= 0.3 is 0 Å². The Morgan fingerprint density at radius 3 is 2.93 bits per heavy atom. The van der Waals surface area contributed by atoms with E-state index >= 15 is 0 Å². The van der Waals surface area contributed by atoms with Crippen LogP contribution in [0.2, 0.25) is 0 Å². The lowest BCUT2D eigenvalue weighted by Gasteiger charge is -2.26. The van der Waals surface area contributed by atoms with E-state index in [-0.39, 0.29) is 0 Å². The number of imidazole rings is 1. The molecule has 6 heteroatoms. The van der Waals surface area contributed by atoms with E-state index in [4.69, 9.17) is 0 Å². The molecule has 0 amide bonds. The molecule has 0 spiro atoms. The van der Waals surface area contributed by atoms with Crippen molar-refractivity contribution in [1.82, 2.24) is 25.3 Å². The van der Waals surface area contributed by atoms with Crippen LogP contribution >= 0.6 is 0 Å².